The minimum absolute atomic E-state index is 0.170. The van der Waals surface area contributed by atoms with Crippen LogP contribution in [0.4, 0.5) is 10.1 Å². The van der Waals surface area contributed by atoms with Crippen LogP contribution < -0.4 is 5.32 Å². The van der Waals surface area contributed by atoms with Crippen LogP contribution >= 0.6 is 0 Å². The second-order valence-corrected chi connectivity index (χ2v) is 13.4. The number of hydrogen-bond acceptors (Lipinski definition) is 4. The van der Waals surface area contributed by atoms with E-state index in [1.54, 1.807) is 6.07 Å². The predicted octanol–water partition coefficient (Wildman–Crippen LogP) is 10.9. The number of aryl methyl sites for hydroxylation is 2. The van der Waals surface area contributed by atoms with Crippen LogP contribution in [-0.4, -0.2) is 45.2 Å². The fraction of sp³-hybridized carbons (Fsp3) is 0.386. The van der Waals surface area contributed by atoms with Crippen molar-refractivity contribution >= 4 is 22.5 Å². The molecule has 0 saturated carbocycles. The molecule has 51 heavy (non-hydrogen) atoms. The number of rotatable bonds is 15. The van der Waals surface area contributed by atoms with Gasteiger partial charge in [-0.2, -0.15) is 0 Å². The number of fused-ring (bicyclic) bond motifs is 1. The zero-order valence-corrected chi connectivity index (χ0v) is 31.5. The van der Waals surface area contributed by atoms with Crippen molar-refractivity contribution in [2.45, 2.75) is 87.1 Å². The zero-order chi connectivity index (χ0) is 37.1. The lowest BCUT2D eigenvalue weighted by Gasteiger charge is -2.23. The van der Waals surface area contributed by atoms with Crippen LogP contribution in [0.2, 0.25) is 0 Å². The Bertz CT molecular complexity index is 1870. The fourth-order valence-electron chi connectivity index (χ4n) is 6.66. The monoisotopic (exact) mass is 693 g/mol. The van der Waals surface area contributed by atoms with Crippen molar-refractivity contribution in [1.29, 1.82) is 0 Å². The Morgan fingerprint density at radius 3 is 2.24 bits per heavy atom. The molecule has 0 aliphatic rings. The van der Waals surface area contributed by atoms with E-state index in [1.165, 1.54) is 89.9 Å². The maximum Gasteiger partial charge on any atom is 0.255 e. The summed E-state index contributed by atoms with van der Waals surface area (Å²) in [6, 6.07) is 22.4. The molecule has 0 spiro atoms. The van der Waals surface area contributed by atoms with Gasteiger partial charge in [-0.1, -0.05) is 71.4 Å². The van der Waals surface area contributed by atoms with Crippen molar-refractivity contribution in [3.8, 4) is 22.6 Å². The van der Waals surface area contributed by atoms with Crippen molar-refractivity contribution in [1.82, 2.24) is 9.47 Å². The average molecular weight is 694 g/mol. The van der Waals surface area contributed by atoms with Gasteiger partial charge < -0.3 is 25.0 Å². The van der Waals surface area contributed by atoms with Gasteiger partial charge >= 0.3 is 0 Å². The number of nitrogens with one attached hydrogen (secondary N) is 1. The van der Waals surface area contributed by atoms with E-state index in [0.717, 1.165) is 37.5 Å². The first-order chi connectivity index (χ1) is 24.6. The molecule has 5 rings (SSSR count). The Morgan fingerprint density at radius 2 is 1.57 bits per heavy atom. The van der Waals surface area contributed by atoms with E-state index in [0.29, 0.717) is 17.5 Å². The number of amides is 1. The smallest absolute Gasteiger partial charge is 0.255 e. The Morgan fingerprint density at radius 1 is 0.882 bits per heavy atom. The first-order valence-electron chi connectivity index (χ1n) is 18.6. The quantitative estimate of drug-likeness (QED) is 0.102. The predicted molar refractivity (Wildman–Crippen MR) is 211 cm³/mol. The number of hydrogen-bond donors (Lipinski definition) is 3. The van der Waals surface area contributed by atoms with Crippen LogP contribution in [0.25, 0.3) is 22.0 Å². The third-order valence-electron chi connectivity index (χ3n) is 9.82. The van der Waals surface area contributed by atoms with Crippen LogP contribution in [0.15, 0.2) is 78.9 Å². The highest BCUT2D eigenvalue weighted by Gasteiger charge is 2.16. The summed E-state index contributed by atoms with van der Waals surface area (Å²) in [6.45, 7) is 19.8. The fourth-order valence-corrected chi connectivity index (χ4v) is 6.66. The van der Waals surface area contributed by atoms with Crippen molar-refractivity contribution < 1.29 is 19.4 Å². The normalized spacial score (nSPS) is 11.8. The minimum Gasteiger partial charge on any atom is -0.507 e. The molecule has 0 bridgehead atoms. The molecule has 272 valence electrons. The number of aromatic hydroxyl groups is 2. The lowest BCUT2D eigenvalue weighted by atomic mass is 10.0. The van der Waals surface area contributed by atoms with Gasteiger partial charge in [-0.3, -0.25) is 4.79 Å². The zero-order valence-electron chi connectivity index (χ0n) is 31.5. The molecule has 1 aromatic heterocycles. The van der Waals surface area contributed by atoms with Crippen molar-refractivity contribution in [2.75, 3.05) is 25.0 Å². The first-order valence-corrected chi connectivity index (χ1v) is 18.6. The molecule has 0 fully saturated rings. The van der Waals surface area contributed by atoms with E-state index < -0.39 is 5.82 Å². The lowest BCUT2D eigenvalue weighted by Crippen LogP contribution is -2.28. The number of aromatic nitrogens is 1. The third-order valence-corrected chi connectivity index (χ3v) is 9.82. The maximum absolute atomic E-state index is 13.4. The SMILES string of the molecule is CC.CCCN(CCCn1c(C)c(C)c2cc(Cc3cccc(C(=O)Nc4cc(O)c(-c5ccc(F)cc5)c(O)c4)c3)ccc21)CCC(C)CC. The van der Waals surface area contributed by atoms with Gasteiger partial charge in [0.2, 0.25) is 0 Å². The maximum atomic E-state index is 13.4. The summed E-state index contributed by atoms with van der Waals surface area (Å²) in [5, 5.41) is 25.3. The Kier molecular flexibility index (Phi) is 14.3. The molecular formula is C44H56FN3O3. The number of nitrogens with zero attached hydrogens (tertiary/aromatic N) is 2. The summed E-state index contributed by atoms with van der Waals surface area (Å²) in [5.41, 5.74) is 7.43. The number of carbonyl (C=O) groups excluding carboxylic acids is 1. The first kappa shape index (κ1) is 39.2. The van der Waals surface area contributed by atoms with Crippen LogP contribution in [-0.2, 0) is 13.0 Å². The number of phenolic OH excluding ortho intramolecular Hbond substituents is 2. The van der Waals surface area contributed by atoms with Crippen molar-refractivity contribution in [2.24, 2.45) is 5.92 Å². The molecule has 0 aliphatic heterocycles. The second-order valence-electron chi connectivity index (χ2n) is 13.4. The molecule has 1 heterocycles. The molecule has 7 heteroatoms. The largest absolute Gasteiger partial charge is 0.507 e. The van der Waals surface area contributed by atoms with Gasteiger partial charge in [0.25, 0.3) is 5.91 Å². The van der Waals surface area contributed by atoms with Gasteiger partial charge in [-0.05, 0) is 124 Å². The molecule has 1 unspecified atom stereocenters. The van der Waals surface area contributed by atoms with E-state index >= 15 is 0 Å². The molecule has 0 aliphatic carbocycles. The third kappa shape index (κ3) is 10.0. The summed E-state index contributed by atoms with van der Waals surface area (Å²) in [4.78, 5) is 15.8. The summed E-state index contributed by atoms with van der Waals surface area (Å²) in [5.74, 6) is -0.438. The highest BCUT2D eigenvalue weighted by Crippen LogP contribution is 2.40. The highest BCUT2D eigenvalue weighted by molar-refractivity contribution is 6.05. The van der Waals surface area contributed by atoms with E-state index in [1.807, 2.05) is 32.0 Å². The van der Waals surface area contributed by atoms with Crippen LogP contribution in [0.5, 0.6) is 11.5 Å². The van der Waals surface area contributed by atoms with Crippen LogP contribution in [0.1, 0.15) is 93.0 Å². The van der Waals surface area contributed by atoms with Gasteiger partial charge in [0.15, 0.2) is 0 Å². The molecule has 6 nitrogen and oxygen atoms in total. The van der Waals surface area contributed by atoms with Crippen molar-refractivity contribution in [3.05, 3.63) is 113 Å². The standard InChI is InChI=1S/C42H50FN3O3.C2H6/c1-6-19-45(22-18-28(3)7-2)20-9-21-46-30(5)29(4)37-25-32(12-17-38(37)46)23-31-10-8-11-34(24-31)42(49)44-36-26-39(47)41(40(48)27-36)33-13-15-35(43)16-14-33;1-2/h8,10-17,24-28,47-48H,6-7,9,18-23H2,1-5H3,(H,44,49);1-2H3. The molecule has 4 aromatic carbocycles. The summed E-state index contributed by atoms with van der Waals surface area (Å²) in [6.07, 6.45) is 5.49. The molecule has 1 atom stereocenters. The number of benzene rings is 4. The van der Waals surface area contributed by atoms with E-state index in [9.17, 15) is 19.4 Å². The van der Waals surface area contributed by atoms with Crippen LogP contribution in [0.3, 0.4) is 0 Å². The molecule has 5 aromatic rings. The minimum atomic E-state index is -0.415. The highest BCUT2D eigenvalue weighted by atomic mass is 19.1. The van der Waals surface area contributed by atoms with Gasteiger partial charge in [0, 0.05) is 46.5 Å². The number of phenols is 2. The summed E-state index contributed by atoms with van der Waals surface area (Å²) in [7, 11) is 0. The number of anilines is 1. The van der Waals surface area contributed by atoms with E-state index in [4.69, 9.17) is 0 Å². The van der Waals surface area contributed by atoms with E-state index in [2.05, 4.69) is 67.6 Å². The summed E-state index contributed by atoms with van der Waals surface area (Å²) >= 11 is 0. The average Bonchev–Trinajstić information content (AvgIpc) is 3.36. The Balaban J connectivity index is 0.00000286. The molecule has 0 radical (unpaired) electrons. The van der Waals surface area contributed by atoms with Crippen molar-refractivity contribution in [3.63, 3.8) is 0 Å². The van der Waals surface area contributed by atoms with Gasteiger partial charge in [-0.25, -0.2) is 4.39 Å². The molecule has 0 saturated heterocycles. The number of halogens is 1. The Labute approximate surface area is 304 Å². The van der Waals surface area contributed by atoms with Gasteiger partial charge in [0.05, 0.1) is 5.56 Å². The second kappa shape index (κ2) is 18.6. The molecule has 1 amide bonds. The molecular weight excluding hydrogens is 638 g/mol. The van der Waals surface area contributed by atoms with Gasteiger partial charge in [0.1, 0.15) is 17.3 Å². The van der Waals surface area contributed by atoms with Gasteiger partial charge in [-0.15, -0.1) is 0 Å². The lowest BCUT2D eigenvalue weighted by molar-refractivity contribution is 0.102. The molecule has 3 N–H and O–H groups in total. The van der Waals surface area contributed by atoms with Crippen LogP contribution in [0, 0.1) is 25.6 Å². The topological polar surface area (TPSA) is 77.7 Å². The van der Waals surface area contributed by atoms with E-state index in [-0.39, 0.29) is 28.7 Å². The summed E-state index contributed by atoms with van der Waals surface area (Å²) < 4.78 is 15.8. The number of carbonyl (C=O) groups is 1. The Hall–Kier alpha value is -4.62.